The number of benzene rings is 2. The fourth-order valence-corrected chi connectivity index (χ4v) is 3.43. The molecule has 0 spiro atoms. The van der Waals surface area contributed by atoms with Crippen molar-refractivity contribution in [2.75, 3.05) is 11.5 Å². The van der Waals surface area contributed by atoms with Crippen LogP contribution in [0.4, 0.5) is 11.4 Å². The van der Waals surface area contributed by atoms with E-state index in [0.717, 1.165) is 12.1 Å². The van der Waals surface area contributed by atoms with Gasteiger partial charge in [0.15, 0.2) is 0 Å². The SMILES string of the molecule is N.Nc1ccc(-c2ccc(N)cc2S(=O)(=O)O)c(S(=O)(=O)O)c1. The Bertz CT molecular complexity index is 875. The molecule has 0 unspecified atom stereocenters. The molecule has 0 aromatic heterocycles. The van der Waals surface area contributed by atoms with Gasteiger partial charge in [-0.2, -0.15) is 16.8 Å². The summed E-state index contributed by atoms with van der Waals surface area (Å²) in [5.74, 6) is 0. The molecule has 0 saturated heterocycles. The van der Waals surface area contributed by atoms with E-state index in [1.165, 1.54) is 24.3 Å². The van der Waals surface area contributed by atoms with Gasteiger partial charge in [-0.1, -0.05) is 12.1 Å². The molecule has 0 radical (unpaired) electrons. The molecular weight excluding hydrogens is 346 g/mol. The number of rotatable bonds is 3. The zero-order chi connectivity index (χ0) is 16.7. The Morgan fingerprint density at radius 3 is 1.26 bits per heavy atom. The highest BCUT2D eigenvalue weighted by Gasteiger charge is 2.23. The molecule has 0 saturated carbocycles. The first kappa shape index (κ1) is 18.9. The molecule has 0 aliphatic rings. The molecule has 0 bridgehead atoms. The highest BCUT2D eigenvalue weighted by molar-refractivity contribution is 7.86. The molecule has 0 fully saturated rings. The van der Waals surface area contributed by atoms with Crippen LogP contribution in [0.5, 0.6) is 0 Å². The number of anilines is 2. The van der Waals surface area contributed by atoms with Crippen LogP contribution in [-0.2, 0) is 20.2 Å². The Hall–Kier alpha value is -2.18. The second-order valence-electron chi connectivity index (χ2n) is 4.46. The fraction of sp³-hybridized carbons (Fsp3) is 0. The van der Waals surface area contributed by atoms with Gasteiger partial charge in [-0.25, -0.2) is 0 Å². The van der Waals surface area contributed by atoms with Gasteiger partial charge in [-0.3, -0.25) is 9.11 Å². The lowest BCUT2D eigenvalue weighted by Gasteiger charge is -2.12. The molecule has 0 aliphatic heterocycles. The van der Waals surface area contributed by atoms with Crippen LogP contribution in [0.3, 0.4) is 0 Å². The number of nitrogens with two attached hydrogens (primary N) is 2. The maximum Gasteiger partial charge on any atom is 0.295 e. The van der Waals surface area contributed by atoms with Gasteiger partial charge in [0.25, 0.3) is 20.2 Å². The largest absolute Gasteiger partial charge is 0.399 e. The molecule has 9 N–H and O–H groups in total. The molecule has 23 heavy (non-hydrogen) atoms. The van der Waals surface area contributed by atoms with Crippen LogP contribution in [0, 0.1) is 0 Å². The summed E-state index contributed by atoms with van der Waals surface area (Å²) in [6.45, 7) is 0. The zero-order valence-electron chi connectivity index (χ0n) is 11.7. The quantitative estimate of drug-likeness (QED) is 0.393. The molecular formula is C12H15N3O6S2. The van der Waals surface area contributed by atoms with Crippen molar-refractivity contribution < 1.29 is 25.9 Å². The normalized spacial score (nSPS) is 11.7. The third kappa shape index (κ3) is 3.97. The Kier molecular flexibility index (Phi) is 5.03. The topological polar surface area (TPSA) is 196 Å². The van der Waals surface area contributed by atoms with Gasteiger partial charge in [0.1, 0.15) is 9.79 Å². The minimum Gasteiger partial charge on any atom is -0.399 e. The molecule has 2 rings (SSSR count). The van der Waals surface area contributed by atoms with E-state index in [1.54, 1.807) is 0 Å². The van der Waals surface area contributed by atoms with Crippen LogP contribution in [0.1, 0.15) is 0 Å². The molecule has 11 heteroatoms. The van der Waals surface area contributed by atoms with Gasteiger partial charge in [0.05, 0.1) is 0 Å². The highest BCUT2D eigenvalue weighted by Crippen LogP contribution is 2.34. The van der Waals surface area contributed by atoms with Crippen LogP contribution in [0.15, 0.2) is 46.2 Å². The van der Waals surface area contributed by atoms with E-state index in [0.29, 0.717) is 0 Å². The second-order valence-corrected chi connectivity index (χ2v) is 7.24. The predicted molar refractivity (Wildman–Crippen MR) is 85.4 cm³/mol. The van der Waals surface area contributed by atoms with E-state index in [9.17, 15) is 25.9 Å². The van der Waals surface area contributed by atoms with E-state index in [-0.39, 0.29) is 28.7 Å². The first-order chi connectivity index (χ1) is 10.00. The zero-order valence-corrected chi connectivity index (χ0v) is 13.3. The second kappa shape index (κ2) is 6.14. The van der Waals surface area contributed by atoms with Crippen LogP contribution in [0.2, 0.25) is 0 Å². The number of nitrogen functional groups attached to an aromatic ring is 2. The molecule has 0 aliphatic carbocycles. The average Bonchev–Trinajstić information content (AvgIpc) is 2.37. The molecule has 9 nitrogen and oxygen atoms in total. The van der Waals surface area contributed by atoms with E-state index in [4.69, 9.17) is 11.5 Å². The van der Waals surface area contributed by atoms with Crippen LogP contribution >= 0.6 is 0 Å². The Balaban J connectivity index is 0.00000264. The van der Waals surface area contributed by atoms with Crippen molar-refractivity contribution in [1.29, 1.82) is 0 Å². The molecule has 2 aromatic carbocycles. The summed E-state index contributed by atoms with van der Waals surface area (Å²) >= 11 is 0. The summed E-state index contributed by atoms with van der Waals surface area (Å²) in [5, 5.41) is 0. The average molecular weight is 361 g/mol. The standard InChI is InChI=1S/C12H12N2O6S2.H3N/c13-7-1-3-9(11(5-7)21(15,16)17)10-4-2-8(14)6-12(10)22(18,19)20;/h1-6H,13-14H2,(H,15,16,17)(H,18,19,20);1H3. The van der Waals surface area contributed by atoms with Gasteiger partial charge in [0, 0.05) is 22.5 Å². The molecule has 126 valence electrons. The first-order valence-corrected chi connectivity index (χ1v) is 8.62. The number of hydrogen-bond donors (Lipinski definition) is 5. The third-order valence-corrected chi connectivity index (χ3v) is 4.64. The monoisotopic (exact) mass is 361 g/mol. The van der Waals surface area contributed by atoms with E-state index >= 15 is 0 Å². The minimum atomic E-state index is -4.66. The van der Waals surface area contributed by atoms with Gasteiger partial charge in [0.2, 0.25) is 0 Å². The molecule has 0 heterocycles. The lowest BCUT2D eigenvalue weighted by atomic mass is 10.0. The van der Waals surface area contributed by atoms with Crippen molar-refractivity contribution in [2.24, 2.45) is 0 Å². The lowest BCUT2D eigenvalue weighted by molar-refractivity contribution is 0.480. The Morgan fingerprint density at radius 1 is 0.696 bits per heavy atom. The van der Waals surface area contributed by atoms with Gasteiger partial charge in [-0.05, 0) is 24.3 Å². The van der Waals surface area contributed by atoms with Gasteiger partial charge >= 0.3 is 0 Å². The smallest absolute Gasteiger partial charge is 0.295 e. The third-order valence-electron chi connectivity index (χ3n) is 2.86. The van der Waals surface area contributed by atoms with E-state index < -0.39 is 30.0 Å². The van der Waals surface area contributed by atoms with E-state index in [1.807, 2.05) is 0 Å². The summed E-state index contributed by atoms with van der Waals surface area (Å²) in [5.41, 5.74) is 10.8. The van der Waals surface area contributed by atoms with Crippen LogP contribution in [0.25, 0.3) is 11.1 Å². The van der Waals surface area contributed by atoms with Crippen molar-refractivity contribution >= 4 is 31.6 Å². The first-order valence-electron chi connectivity index (χ1n) is 5.74. The number of hydrogen-bond acceptors (Lipinski definition) is 7. The molecule has 0 atom stereocenters. The van der Waals surface area contributed by atoms with Crippen molar-refractivity contribution in [3.8, 4) is 11.1 Å². The van der Waals surface area contributed by atoms with Crippen LogP contribution in [-0.4, -0.2) is 25.9 Å². The Morgan fingerprint density at radius 2 is 1.00 bits per heavy atom. The summed E-state index contributed by atoms with van der Waals surface area (Å²) in [7, 11) is -9.33. The maximum absolute atomic E-state index is 11.5. The lowest BCUT2D eigenvalue weighted by Crippen LogP contribution is -2.06. The van der Waals surface area contributed by atoms with Gasteiger partial charge in [-0.15, -0.1) is 0 Å². The van der Waals surface area contributed by atoms with Crippen molar-refractivity contribution in [3.63, 3.8) is 0 Å². The van der Waals surface area contributed by atoms with Crippen LogP contribution < -0.4 is 17.6 Å². The minimum absolute atomic E-state index is 0. The summed E-state index contributed by atoms with van der Waals surface area (Å²) in [4.78, 5) is -1.16. The maximum atomic E-state index is 11.5. The van der Waals surface area contributed by atoms with Crippen molar-refractivity contribution in [2.45, 2.75) is 9.79 Å². The fourth-order valence-electron chi connectivity index (χ4n) is 1.95. The summed E-state index contributed by atoms with van der Waals surface area (Å²) in [6, 6.07) is 7.06. The van der Waals surface area contributed by atoms with Crippen molar-refractivity contribution in [3.05, 3.63) is 36.4 Å². The highest BCUT2D eigenvalue weighted by atomic mass is 32.2. The van der Waals surface area contributed by atoms with Crippen molar-refractivity contribution in [1.82, 2.24) is 6.15 Å². The van der Waals surface area contributed by atoms with Gasteiger partial charge < -0.3 is 17.6 Å². The molecule has 0 amide bonds. The summed E-state index contributed by atoms with van der Waals surface area (Å²) < 4.78 is 64.4. The Labute approximate surface area is 133 Å². The van der Waals surface area contributed by atoms with E-state index in [2.05, 4.69) is 0 Å². The predicted octanol–water partition coefficient (Wildman–Crippen LogP) is 1.17. The summed E-state index contributed by atoms with van der Waals surface area (Å²) in [6.07, 6.45) is 0. The molecule has 2 aromatic rings.